The first-order chi connectivity index (χ1) is 8.29. The standard InChI is InChI=1S/C12H12ClN3O/c13-11-3-1-2-4-12(11)17-8-10-7-9(16-14)5-6-15-10/h1-7H,8,14H2,(H,15,16). The van der Waals surface area contributed by atoms with Gasteiger partial charge in [0.25, 0.3) is 0 Å². The fourth-order valence-corrected chi connectivity index (χ4v) is 1.55. The Kier molecular flexibility index (Phi) is 3.80. The largest absolute Gasteiger partial charge is 0.486 e. The second-order valence-electron chi connectivity index (χ2n) is 3.40. The molecular weight excluding hydrogens is 238 g/mol. The van der Waals surface area contributed by atoms with E-state index in [2.05, 4.69) is 10.4 Å². The molecule has 2 rings (SSSR count). The number of nitrogens with one attached hydrogen (secondary N) is 1. The van der Waals surface area contributed by atoms with E-state index in [1.165, 1.54) is 0 Å². The van der Waals surface area contributed by atoms with Crippen molar-refractivity contribution in [2.45, 2.75) is 6.61 Å². The molecule has 0 amide bonds. The molecule has 0 saturated heterocycles. The second-order valence-corrected chi connectivity index (χ2v) is 3.81. The van der Waals surface area contributed by atoms with Crippen LogP contribution >= 0.6 is 11.6 Å². The molecule has 1 heterocycles. The van der Waals surface area contributed by atoms with Gasteiger partial charge in [0.15, 0.2) is 0 Å². The van der Waals surface area contributed by atoms with E-state index in [1.807, 2.05) is 24.3 Å². The molecule has 4 nitrogen and oxygen atoms in total. The highest BCUT2D eigenvalue weighted by Gasteiger charge is 2.01. The van der Waals surface area contributed by atoms with Gasteiger partial charge in [0.05, 0.1) is 16.4 Å². The predicted molar refractivity (Wildman–Crippen MR) is 67.8 cm³/mol. The summed E-state index contributed by atoms with van der Waals surface area (Å²) in [4.78, 5) is 4.17. The maximum Gasteiger partial charge on any atom is 0.138 e. The zero-order chi connectivity index (χ0) is 12.1. The molecule has 5 heteroatoms. The van der Waals surface area contributed by atoms with Gasteiger partial charge in [-0.05, 0) is 24.3 Å². The van der Waals surface area contributed by atoms with Gasteiger partial charge >= 0.3 is 0 Å². The van der Waals surface area contributed by atoms with Crippen molar-refractivity contribution < 1.29 is 4.74 Å². The average Bonchev–Trinajstić information content (AvgIpc) is 2.38. The van der Waals surface area contributed by atoms with Crippen LogP contribution in [-0.2, 0) is 6.61 Å². The zero-order valence-electron chi connectivity index (χ0n) is 9.06. The van der Waals surface area contributed by atoms with Crippen LogP contribution in [0.4, 0.5) is 5.69 Å². The van der Waals surface area contributed by atoms with E-state index in [0.29, 0.717) is 17.4 Å². The van der Waals surface area contributed by atoms with E-state index in [9.17, 15) is 0 Å². The van der Waals surface area contributed by atoms with E-state index >= 15 is 0 Å². The molecule has 3 N–H and O–H groups in total. The maximum atomic E-state index is 5.97. The van der Waals surface area contributed by atoms with E-state index in [-0.39, 0.29) is 0 Å². The van der Waals surface area contributed by atoms with Crippen molar-refractivity contribution in [3.8, 4) is 5.75 Å². The summed E-state index contributed by atoms with van der Waals surface area (Å²) in [6.45, 7) is 0.346. The van der Waals surface area contributed by atoms with Crippen molar-refractivity contribution in [3.63, 3.8) is 0 Å². The Balaban J connectivity index is 2.05. The molecule has 0 aliphatic rings. The summed E-state index contributed by atoms with van der Waals surface area (Å²) in [5.41, 5.74) is 4.12. The molecule has 0 spiro atoms. The molecule has 0 aliphatic carbocycles. The summed E-state index contributed by atoms with van der Waals surface area (Å²) in [6.07, 6.45) is 1.67. The van der Waals surface area contributed by atoms with Gasteiger partial charge in [-0.1, -0.05) is 23.7 Å². The van der Waals surface area contributed by atoms with Crippen LogP contribution in [0.5, 0.6) is 5.75 Å². The lowest BCUT2D eigenvalue weighted by atomic mass is 10.3. The molecule has 1 aromatic heterocycles. The molecule has 0 saturated carbocycles. The van der Waals surface area contributed by atoms with Crippen molar-refractivity contribution in [1.29, 1.82) is 0 Å². The summed E-state index contributed by atoms with van der Waals surface area (Å²) >= 11 is 5.97. The van der Waals surface area contributed by atoms with Gasteiger partial charge < -0.3 is 10.2 Å². The Bertz CT molecular complexity index is 505. The van der Waals surface area contributed by atoms with E-state index in [1.54, 1.807) is 18.3 Å². The van der Waals surface area contributed by atoms with Gasteiger partial charge in [-0.2, -0.15) is 0 Å². The number of ether oxygens (including phenoxy) is 1. The molecule has 1 aromatic carbocycles. The van der Waals surface area contributed by atoms with Crippen LogP contribution in [-0.4, -0.2) is 4.98 Å². The topological polar surface area (TPSA) is 60.2 Å². The number of halogens is 1. The van der Waals surface area contributed by atoms with Crippen molar-refractivity contribution in [2.75, 3.05) is 5.43 Å². The highest BCUT2D eigenvalue weighted by atomic mass is 35.5. The Morgan fingerprint density at radius 2 is 2.12 bits per heavy atom. The number of hydrogen-bond donors (Lipinski definition) is 2. The van der Waals surface area contributed by atoms with Crippen LogP contribution < -0.4 is 16.0 Å². The van der Waals surface area contributed by atoms with Crippen LogP contribution in [0, 0.1) is 0 Å². The molecule has 88 valence electrons. The number of hydrazine groups is 1. The first-order valence-electron chi connectivity index (χ1n) is 5.08. The number of anilines is 1. The minimum absolute atomic E-state index is 0.346. The van der Waals surface area contributed by atoms with Crippen LogP contribution in [0.3, 0.4) is 0 Å². The summed E-state index contributed by atoms with van der Waals surface area (Å²) in [7, 11) is 0. The lowest BCUT2D eigenvalue weighted by molar-refractivity contribution is 0.301. The fourth-order valence-electron chi connectivity index (χ4n) is 1.36. The number of pyridine rings is 1. The van der Waals surface area contributed by atoms with E-state index < -0.39 is 0 Å². The minimum Gasteiger partial charge on any atom is -0.486 e. The molecule has 0 atom stereocenters. The maximum absolute atomic E-state index is 5.97. The Morgan fingerprint density at radius 3 is 2.88 bits per heavy atom. The highest BCUT2D eigenvalue weighted by Crippen LogP contribution is 2.23. The van der Waals surface area contributed by atoms with Crippen LogP contribution in [0.15, 0.2) is 42.6 Å². The molecule has 0 unspecified atom stereocenters. The van der Waals surface area contributed by atoms with Gasteiger partial charge in [-0.25, -0.2) is 0 Å². The summed E-state index contributed by atoms with van der Waals surface area (Å²) < 4.78 is 5.56. The SMILES string of the molecule is NNc1ccnc(COc2ccccc2Cl)c1. The van der Waals surface area contributed by atoms with Gasteiger partial charge in [-0.3, -0.25) is 10.8 Å². The van der Waals surface area contributed by atoms with Crippen LogP contribution in [0.25, 0.3) is 0 Å². The monoisotopic (exact) mass is 249 g/mol. The van der Waals surface area contributed by atoms with Crippen molar-refractivity contribution in [2.24, 2.45) is 5.84 Å². The Hall–Kier alpha value is -1.78. The van der Waals surface area contributed by atoms with E-state index in [4.69, 9.17) is 22.2 Å². The molecule has 0 fully saturated rings. The van der Waals surface area contributed by atoms with E-state index in [0.717, 1.165) is 11.4 Å². The minimum atomic E-state index is 0.346. The van der Waals surface area contributed by atoms with Crippen LogP contribution in [0.1, 0.15) is 5.69 Å². The van der Waals surface area contributed by atoms with Gasteiger partial charge in [0, 0.05) is 6.20 Å². The van der Waals surface area contributed by atoms with Gasteiger partial charge in [-0.15, -0.1) is 0 Å². The fraction of sp³-hybridized carbons (Fsp3) is 0.0833. The summed E-state index contributed by atoms with van der Waals surface area (Å²) in [5.74, 6) is 5.95. The third-order valence-corrected chi connectivity index (χ3v) is 2.51. The molecule has 0 aliphatic heterocycles. The number of nitrogens with two attached hydrogens (primary N) is 1. The number of benzene rings is 1. The number of nitrogen functional groups attached to an aromatic ring is 1. The lowest BCUT2D eigenvalue weighted by Gasteiger charge is -2.08. The van der Waals surface area contributed by atoms with Gasteiger partial charge in [0.1, 0.15) is 12.4 Å². The Morgan fingerprint density at radius 1 is 1.29 bits per heavy atom. The smallest absolute Gasteiger partial charge is 0.138 e. The van der Waals surface area contributed by atoms with Crippen LogP contribution in [0.2, 0.25) is 5.02 Å². The number of hydrogen-bond acceptors (Lipinski definition) is 4. The quantitative estimate of drug-likeness (QED) is 0.646. The average molecular weight is 250 g/mol. The predicted octanol–water partition coefficient (Wildman–Crippen LogP) is 2.60. The summed E-state index contributed by atoms with van der Waals surface area (Å²) in [5, 5.41) is 0.584. The number of aromatic nitrogens is 1. The van der Waals surface area contributed by atoms with Gasteiger partial charge in [0.2, 0.25) is 0 Å². The van der Waals surface area contributed by atoms with Crippen molar-refractivity contribution >= 4 is 17.3 Å². The van der Waals surface area contributed by atoms with Crippen molar-refractivity contribution in [1.82, 2.24) is 4.98 Å². The normalized spacial score (nSPS) is 10.0. The highest BCUT2D eigenvalue weighted by molar-refractivity contribution is 6.32. The molecule has 0 bridgehead atoms. The number of nitrogens with zero attached hydrogens (tertiary/aromatic N) is 1. The number of para-hydroxylation sites is 1. The third-order valence-electron chi connectivity index (χ3n) is 2.20. The molecule has 0 radical (unpaired) electrons. The second kappa shape index (κ2) is 5.52. The Labute approximate surface area is 104 Å². The van der Waals surface area contributed by atoms with Crippen molar-refractivity contribution in [3.05, 3.63) is 53.3 Å². The first-order valence-corrected chi connectivity index (χ1v) is 5.46. The summed E-state index contributed by atoms with van der Waals surface area (Å²) in [6, 6.07) is 10.9. The number of rotatable bonds is 4. The zero-order valence-corrected chi connectivity index (χ0v) is 9.82. The molecular formula is C12H12ClN3O. The third kappa shape index (κ3) is 3.09. The lowest BCUT2D eigenvalue weighted by Crippen LogP contribution is -2.08. The molecule has 2 aromatic rings. The first kappa shape index (κ1) is 11.7. The molecule has 17 heavy (non-hydrogen) atoms.